The van der Waals surface area contributed by atoms with Crippen LogP contribution in [0.25, 0.3) is 0 Å². The fourth-order valence-electron chi connectivity index (χ4n) is 3.95. The zero-order valence-electron chi connectivity index (χ0n) is 13.1. The maximum absolute atomic E-state index is 6.56. The highest BCUT2D eigenvalue weighted by atomic mass is 15.3. The molecule has 0 aromatic carbocycles. The molecule has 3 nitrogen and oxygen atoms in total. The first-order valence-electron chi connectivity index (χ1n) is 8.24. The van der Waals surface area contributed by atoms with Crippen LogP contribution in [0.2, 0.25) is 0 Å². The van der Waals surface area contributed by atoms with Crippen LogP contribution in [0, 0.1) is 11.8 Å². The van der Waals surface area contributed by atoms with E-state index in [0.717, 1.165) is 11.8 Å². The molecule has 112 valence electrons. The molecule has 2 fully saturated rings. The third-order valence-electron chi connectivity index (χ3n) is 5.53. The molecule has 4 unspecified atom stereocenters. The van der Waals surface area contributed by atoms with Crippen LogP contribution in [-0.4, -0.2) is 55.6 Å². The summed E-state index contributed by atoms with van der Waals surface area (Å²) in [6.45, 7) is 5.91. The van der Waals surface area contributed by atoms with E-state index in [1.165, 1.54) is 58.2 Å². The number of piperazine rings is 1. The van der Waals surface area contributed by atoms with Crippen LogP contribution in [0.15, 0.2) is 0 Å². The summed E-state index contributed by atoms with van der Waals surface area (Å²) in [5.74, 6) is 1.72. The molecule has 0 radical (unpaired) electrons. The Morgan fingerprint density at radius 3 is 2.74 bits per heavy atom. The van der Waals surface area contributed by atoms with E-state index in [2.05, 4.69) is 30.8 Å². The zero-order chi connectivity index (χ0) is 13.8. The van der Waals surface area contributed by atoms with E-state index in [0.29, 0.717) is 12.1 Å². The molecular weight excluding hydrogens is 234 g/mol. The lowest BCUT2D eigenvalue weighted by molar-refractivity contribution is 0.0932. The van der Waals surface area contributed by atoms with Crippen molar-refractivity contribution in [3.05, 3.63) is 0 Å². The van der Waals surface area contributed by atoms with Gasteiger partial charge in [-0.25, -0.2) is 0 Å². The summed E-state index contributed by atoms with van der Waals surface area (Å²) in [4.78, 5) is 4.97. The highest BCUT2D eigenvalue weighted by molar-refractivity contribution is 4.87. The van der Waals surface area contributed by atoms with E-state index in [-0.39, 0.29) is 0 Å². The Labute approximate surface area is 119 Å². The summed E-state index contributed by atoms with van der Waals surface area (Å²) in [6.07, 6.45) is 8.11. The first kappa shape index (κ1) is 15.3. The predicted octanol–water partition coefficient (Wildman–Crippen LogP) is 2.17. The standard InChI is InChI=1S/C16H33N3/c1-4-13-6-5-7-14(10-13)16(17)11-15-12-18(2)8-9-19(15)3/h13-16H,4-12,17H2,1-3H3. The van der Waals surface area contributed by atoms with Crippen molar-refractivity contribution in [2.45, 2.75) is 57.5 Å². The fourth-order valence-corrected chi connectivity index (χ4v) is 3.95. The molecule has 1 aliphatic carbocycles. The van der Waals surface area contributed by atoms with Crippen LogP contribution in [0.4, 0.5) is 0 Å². The van der Waals surface area contributed by atoms with Gasteiger partial charge in [-0.1, -0.05) is 26.2 Å². The van der Waals surface area contributed by atoms with Crippen molar-refractivity contribution in [3.63, 3.8) is 0 Å². The predicted molar refractivity (Wildman–Crippen MR) is 82.2 cm³/mol. The van der Waals surface area contributed by atoms with Crippen LogP contribution >= 0.6 is 0 Å². The molecule has 1 saturated carbocycles. The second-order valence-corrected chi connectivity index (χ2v) is 7.00. The molecule has 0 spiro atoms. The molecular formula is C16H33N3. The maximum Gasteiger partial charge on any atom is 0.0235 e. The van der Waals surface area contributed by atoms with Gasteiger partial charge in [-0.3, -0.25) is 0 Å². The zero-order valence-corrected chi connectivity index (χ0v) is 13.1. The molecule has 1 saturated heterocycles. The maximum atomic E-state index is 6.56. The molecule has 2 rings (SSSR count). The van der Waals surface area contributed by atoms with Gasteiger partial charge in [-0.15, -0.1) is 0 Å². The number of rotatable bonds is 4. The van der Waals surface area contributed by atoms with Gasteiger partial charge in [0.15, 0.2) is 0 Å². The number of nitrogens with two attached hydrogens (primary N) is 1. The molecule has 2 aliphatic rings. The van der Waals surface area contributed by atoms with Crippen molar-refractivity contribution in [2.75, 3.05) is 33.7 Å². The number of likely N-dealkylation sites (N-methyl/N-ethyl adjacent to an activating group) is 2. The minimum atomic E-state index is 0.410. The smallest absolute Gasteiger partial charge is 0.0235 e. The monoisotopic (exact) mass is 267 g/mol. The van der Waals surface area contributed by atoms with E-state index in [1.807, 2.05) is 0 Å². The first-order chi connectivity index (χ1) is 9.10. The third kappa shape index (κ3) is 4.17. The van der Waals surface area contributed by atoms with Crippen molar-refractivity contribution in [2.24, 2.45) is 17.6 Å². The van der Waals surface area contributed by atoms with Gasteiger partial charge in [0.05, 0.1) is 0 Å². The van der Waals surface area contributed by atoms with Crippen molar-refractivity contribution in [3.8, 4) is 0 Å². The lowest BCUT2D eigenvalue weighted by Crippen LogP contribution is -2.52. The van der Waals surface area contributed by atoms with E-state index in [4.69, 9.17) is 5.73 Å². The van der Waals surface area contributed by atoms with Gasteiger partial charge in [-0.05, 0) is 45.2 Å². The largest absolute Gasteiger partial charge is 0.327 e. The topological polar surface area (TPSA) is 32.5 Å². The first-order valence-corrected chi connectivity index (χ1v) is 8.24. The van der Waals surface area contributed by atoms with Gasteiger partial charge < -0.3 is 15.5 Å². The van der Waals surface area contributed by atoms with Crippen LogP contribution in [0.1, 0.15) is 45.4 Å². The van der Waals surface area contributed by atoms with Gasteiger partial charge in [0.25, 0.3) is 0 Å². The average Bonchev–Trinajstić information content (AvgIpc) is 2.43. The van der Waals surface area contributed by atoms with Crippen molar-refractivity contribution >= 4 is 0 Å². The Bertz CT molecular complexity index is 269. The SMILES string of the molecule is CCC1CCCC(C(N)CC2CN(C)CCN2C)C1. The van der Waals surface area contributed by atoms with Crippen molar-refractivity contribution in [1.29, 1.82) is 0 Å². The summed E-state index contributed by atoms with van der Waals surface area (Å²) in [6, 6.07) is 1.07. The van der Waals surface area contributed by atoms with Crippen molar-refractivity contribution in [1.82, 2.24) is 9.80 Å². The fraction of sp³-hybridized carbons (Fsp3) is 1.00. The Hall–Kier alpha value is -0.120. The summed E-state index contributed by atoms with van der Waals surface area (Å²) in [5, 5.41) is 0. The highest BCUT2D eigenvalue weighted by Gasteiger charge is 2.30. The van der Waals surface area contributed by atoms with Gasteiger partial charge in [0.2, 0.25) is 0 Å². The molecule has 2 N–H and O–H groups in total. The minimum absolute atomic E-state index is 0.410. The van der Waals surface area contributed by atoms with Crippen molar-refractivity contribution < 1.29 is 0 Å². The molecule has 4 atom stereocenters. The third-order valence-corrected chi connectivity index (χ3v) is 5.53. The molecule has 0 bridgehead atoms. The van der Waals surface area contributed by atoms with E-state index >= 15 is 0 Å². The van der Waals surface area contributed by atoms with Gasteiger partial charge in [0.1, 0.15) is 0 Å². The highest BCUT2D eigenvalue weighted by Crippen LogP contribution is 2.33. The second-order valence-electron chi connectivity index (χ2n) is 7.00. The van der Waals surface area contributed by atoms with Gasteiger partial charge >= 0.3 is 0 Å². The summed E-state index contributed by atoms with van der Waals surface area (Å²) >= 11 is 0. The molecule has 0 amide bonds. The number of nitrogens with zero attached hydrogens (tertiary/aromatic N) is 2. The normalized spacial score (nSPS) is 36.3. The Kier molecular flexibility index (Phi) is 5.67. The molecule has 0 aromatic rings. The molecule has 19 heavy (non-hydrogen) atoms. The molecule has 1 aliphatic heterocycles. The van der Waals surface area contributed by atoms with Crippen LogP contribution in [-0.2, 0) is 0 Å². The molecule has 1 heterocycles. The summed E-state index contributed by atoms with van der Waals surface area (Å²) < 4.78 is 0. The Balaban J connectivity index is 1.83. The van der Waals surface area contributed by atoms with E-state index < -0.39 is 0 Å². The lowest BCUT2D eigenvalue weighted by Gasteiger charge is -2.41. The van der Waals surface area contributed by atoms with Crippen LogP contribution < -0.4 is 5.73 Å². The summed E-state index contributed by atoms with van der Waals surface area (Å²) in [5.41, 5.74) is 6.56. The Morgan fingerprint density at radius 2 is 2.00 bits per heavy atom. The van der Waals surface area contributed by atoms with Crippen LogP contribution in [0.5, 0.6) is 0 Å². The van der Waals surface area contributed by atoms with Gasteiger partial charge in [-0.2, -0.15) is 0 Å². The molecule has 0 aromatic heterocycles. The van der Waals surface area contributed by atoms with Crippen LogP contribution in [0.3, 0.4) is 0 Å². The van der Waals surface area contributed by atoms with E-state index in [1.54, 1.807) is 0 Å². The van der Waals surface area contributed by atoms with Gasteiger partial charge in [0, 0.05) is 31.7 Å². The minimum Gasteiger partial charge on any atom is -0.327 e. The average molecular weight is 267 g/mol. The second kappa shape index (κ2) is 7.05. The summed E-state index contributed by atoms with van der Waals surface area (Å²) in [7, 11) is 4.50. The van der Waals surface area contributed by atoms with E-state index in [9.17, 15) is 0 Å². The lowest BCUT2D eigenvalue weighted by atomic mass is 9.75. The quantitative estimate of drug-likeness (QED) is 0.847. The number of hydrogen-bond donors (Lipinski definition) is 1. The Morgan fingerprint density at radius 1 is 1.21 bits per heavy atom. The number of hydrogen-bond acceptors (Lipinski definition) is 3. The molecule has 3 heteroatoms.